The fraction of sp³-hybridized carbons (Fsp3) is 0.720. The van der Waals surface area contributed by atoms with E-state index in [0.717, 1.165) is 23.1 Å². The molecule has 0 radical (unpaired) electrons. The highest BCUT2D eigenvalue weighted by Gasteiger charge is 2.20. The second kappa shape index (κ2) is 14.6. The SMILES string of the molecule is C=C(CCC[C@H](O)C[C@H](C)O)C[C@H]1CC(=C)C[C@@H](O)C/C(C)=C/[C@H](O)CCCC(=O)O1. The van der Waals surface area contributed by atoms with E-state index >= 15 is 0 Å². The fourth-order valence-corrected chi connectivity index (χ4v) is 4.04. The lowest BCUT2D eigenvalue weighted by Gasteiger charge is -2.22. The summed E-state index contributed by atoms with van der Waals surface area (Å²) in [6.45, 7) is 11.7. The van der Waals surface area contributed by atoms with Crippen molar-refractivity contribution in [2.45, 2.75) is 115 Å². The van der Waals surface area contributed by atoms with Crippen LogP contribution in [-0.4, -0.2) is 56.9 Å². The number of carbonyl (C=O) groups excluding carboxylic acids is 1. The molecule has 178 valence electrons. The van der Waals surface area contributed by atoms with Gasteiger partial charge in [0, 0.05) is 19.3 Å². The molecule has 0 amide bonds. The van der Waals surface area contributed by atoms with Gasteiger partial charge in [0.1, 0.15) is 6.10 Å². The van der Waals surface area contributed by atoms with Crippen molar-refractivity contribution in [3.63, 3.8) is 0 Å². The second-order valence-electron chi connectivity index (χ2n) is 9.19. The maximum atomic E-state index is 12.3. The first kappa shape index (κ1) is 27.6. The number of aliphatic hydroxyl groups excluding tert-OH is 4. The van der Waals surface area contributed by atoms with E-state index in [9.17, 15) is 25.2 Å². The molecule has 31 heavy (non-hydrogen) atoms. The number of hydrogen-bond donors (Lipinski definition) is 4. The number of aliphatic hydroxyl groups is 4. The first-order valence-electron chi connectivity index (χ1n) is 11.5. The Labute approximate surface area is 187 Å². The van der Waals surface area contributed by atoms with Gasteiger partial charge in [-0.15, -0.1) is 0 Å². The third-order valence-electron chi connectivity index (χ3n) is 5.45. The molecule has 1 aliphatic heterocycles. The predicted molar refractivity (Wildman–Crippen MR) is 122 cm³/mol. The summed E-state index contributed by atoms with van der Waals surface area (Å²) in [6.07, 6.45) is 4.59. The standard InChI is InChI=1S/C25H42O6/c1-17(7-5-8-22(28)16-20(4)26)14-24-15-19(3)13-23(29)12-18(2)11-21(27)9-6-10-25(30)31-24/h11,20-24,26-29H,1,3,5-10,12-16H2,2,4H3/b18-11+/t20-,21+,22-,23-,24-/m0/s1. The molecule has 0 saturated heterocycles. The van der Waals surface area contributed by atoms with Crippen LogP contribution in [-0.2, 0) is 9.53 Å². The summed E-state index contributed by atoms with van der Waals surface area (Å²) in [5.41, 5.74) is 2.68. The number of rotatable bonds is 8. The van der Waals surface area contributed by atoms with Crippen molar-refractivity contribution in [2.24, 2.45) is 0 Å². The Kier molecular flexibility index (Phi) is 13.0. The topological polar surface area (TPSA) is 107 Å². The highest BCUT2D eigenvalue weighted by molar-refractivity contribution is 5.69. The van der Waals surface area contributed by atoms with Gasteiger partial charge < -0.3 is 25.2 Å². The zero-order valence-corrected chi connectivity index (χ0v) is 19.3. The van der Waals surface area contributed by atoms with Crippen molar-refractivity contribution in [1.29, 1.82) is 0 Å². The minimum atomic E-state index is -0.633. The average Bonchev–Trinajstić information content (AvgIpc) is 2.59. The van der Waals surface area contributed by atoms with Gasteiger partial charge >= 0.3 is 5.97 Å². The minimum Gasteiger partial charge on any atom is -0.462 e. The number of carbonyl (C=O) groups is 1. The van der Waals surface area contributed by atoms with Crippen molar-refractivity contribution in [3.8, 4) is 0 Å². The minimum absolute atomic E-state index is 0.244. The maximum absolute atomic E-state index is 12.3. The highest BCUT2D eigenvalue weighted by atomic mass is 16.5. The average molecular weight is 439 g/mol. The Balaban J connectivity index is 2.66. The van der Waals surface area contributed by atoms with Crippen molar-refractivity contribution in [3.05, 3.63) is 36.0 Å². The maximum Gasteiger partial charge on any atom is 0.306 e. The van der Waals surface area contributed by atoms with Crippen LogP contribution in [0.2, 0.25) is 0 Å². The molecule has 0 saturated carbocycles. The van der Waals surface area contributed by atoms with Crippen molar-refractivity contribution in [1.82, 2.24) is 0 Å². The molecule has 0 aromatic carbocycles. The first-order valence-corrected chi connectivity index (χ1v) is 11.5. The summed E-state index contributed by atoms with van der Waals surface area (Å²) in [7, 11) is 0. The normalized spacial score (nSPS) is 28.1. The Hall–Kier alpha value is -1.47. The summed E-state index contributed by atoms with van der Waals surface area (Å²) >= 11 is 0. The monoisotopic (exact) mass is 438 g/mol. The Morgan fingerprint density at radius 3 is 2.65 bits per heavy atom. The molecule has 0 aromatic rings. The molecule has 6 heteroatoms. The lowest BCUT2D eigenvalue weighted by atomic mass is 9.94. The van der Waals surface area contributed by atoms with Crippen LogP contribution in [0.1, 0.15) is 84.5 Å². The smallest absolute Gasteiger partial charge is 0.306 e. The summed E-state index contributed by atoms with van der Waals surface area (Å²) in [4.78, 5) is 12.3. The van der Waals surface area contributed by atoms with E-state index in [1.807, 2.05) is 6.92 Å². The summed E-state index contributed by atoms with van der Waals surface area (Å²) < 4.78 is 5.69. The summed E-state index contributed by atoms with van der Waals surface area (Å²) in [6, 6.07) is 0. The van der Waals surface area contributed by atoms with Crippen LogP contribution >= 0.6 is 0 Å². The van der Waals surface area contributed by atoms with Gasteiger partial charge in [-0.1, -0.05) is 36.0 Å². The van der Waals surface area contributed by atoms with Gasteiger partial charge in [0.15, 0.2) is 0 Å². The zero-order valence-electron chi connectivity index (χ0n) is 19.3. The predicted octanol–water partition coefficient (Wildman–Crippen LogP) is 3.73. The molecule has 0 aliphatic carbocycles. The molecule has 0 fully saturated rings. The van der Waals surface area contributed by atoms with Crippen LogP contribution in [0.5, 0.6) is 0 Å². The Morgan fingerprint density at radius 2 is 1.97 bits per heavy atom. The van der Waals surface area contributed by atoms with Crippen LogP contribution < -0.4 is 0 Å². The third-order valence-corrected chi connectivity index (χ3v) is 5.45. The Bertz CT molecular complexity index is 609. The number of esters is 1. The van der Waals surface area contributed by atoms with Gasteiger partial charge in [0.05, 0.1) is 24.4 Å². The van der Waals surface area contributed by atoms with Gasteiger partial charge in [-0.2, -0.15) is 0 Å². The molecule has 0 spiro atoms. The summed E-state index contributed by atoms with van der Waals surface area (Å²) in [5, 5.41) is 39.7. The van der Waals surface area contributed by atoms with E-state index in [1.54, 1.807) is 13.0 Å². The first-order chi connectivity index (χ1) is 14.5. The van der Waals surface area contributed by atoms with E-state index in [-0.39, 0.29) is 18.5 Å². The molecule has 6 nitrogen and oxygen atoms in total. The molecular weight excluding hydrogens is 396 g/mol. The molecule has 0 bridgehead atoms. The largest absolute Gasteiger partial charge is 0.462 e. The molecule has 4 N–H and O–H groups in total. The van der Waals surface area contributed by atoms with Crippen molar-refractivity contribution < 1.29 is 30.0 Å². The van der Waals surface area contributed by atoms with Gasteiger partial charge in [0.25, 0.3) is 0 Å². The van der Waals surface area contributed by atoms with Crippen LogP contribution in [0.25, 0.3) is 0 Å². The van der Waals surface area contributed by atoms with E-state index in [2.05, 4.69) is 13.2 Å². The molecule has 1 heterocycles. The van der Waals surface area contributed by atoms with Crippen LogP contribution in [0.15, 0.2) is 36.0 Å². The molecule has 0 unspecified atom stereocenters. The second-order valence-corrected chi connectivity index (χ2v) is 9.19. The lowest BCUT2D eigenvalue weighted by Crippen LogP contribution is -2.21. The van der Waals surface area contributed by atoms with Gasteiger partial charge in [0.2, 0.25) is 0 Å². The van der Waals surface area contributed by atoms with Crippen molar-refractivity contribution >= 4 is 5.97 Å². The molecule has 5 atom stereocenters. The molecule has 0 aromatic heterocycles. The van der Waals surface area contributed by atoms with Gasteiger partial charge in [-0.05, 0) is 65.2 Å². The van der Waals surface area contributed by atoms with E-state index in [4.69, 9.17) is 4.74 Å². The summed E-state index contributed by atoms with van der Waals surface area (Å²) in [5.74, 6) is -0.302. The lowest BCUT2D eigenvalue weighted by molar-refractivity contribution is -0.149. The highest BCUT2D eigenvalue weighted by Crippen LogP contribution is 2.24. The molecular formula is C25H42O6. The Morgan fingerprint density at radius 1 is 1.26 bits per heavy atom. The molecule has 1 aliphatic rings. The third kappa shape index (κ3) is 13.5. The zero-order chi connectivity index (χ0) is 23.4. The van der Waals surface area contributed by atoms with E-state index in [1.165, 1.54) is 0 Å². The van der Waals surface area contributed by atoms with Crippen LogP contribution in [0.4, 0.5) is 0 Å². The number of hydrogen-bond acceptors (Lipinski definition) is 6. The van der Waals surface area contributed by atoms with Gasteiger partial charge in [-0.25, -0.2) is 0 Å². The van der Waals surface area contributed by atoms with Crippen LogP contribution in [0.3, 0.4) is 0 Å². The fourth-order valence-electron chi connectivity index (χ4n) is 4.04. The quantitative estimate of drug-likeness (QED) is 0.340. The van der Waals surface area contributed by atoms with E-state index < -0.39 is 24.4 Å². The number of cyclic esters (lactones) is 1. The molecule has 1 rings (SSSR count). The van der Waals surface area contributed by atoms with Crippen LogP contribution in [0, 0.1) is 0 Å². The van der Waals surface area contributed by atoms with Gasteiger partial charge in [-0.3, -0.25) is 4.79 Å². The van der Waals surface area contributed by atoms with E-state index in [0.29, 0.717) is 57.8 Å². The number of ether oxygens (including phenoxy) is 1. The van der Waals surface area contributed by atoms with Crippen molar-refractivity contribution in [2.75, 3.05) is 0 Å².